The van der Waals surface area contributed by atoms with Crippen LogP contribution in [0.5, 0.6) is 0 Å². The van der Waals surface area contributed by atoms with Crippen LogP contribution in [0.4, 0.5) is 0 Å². The van der Waals surface area contributed by atoms with Crippen LogP contribution in [0.15, 0.2) is 0 Å². The number of hydrogen-bond donors (Lipinski definition) is 1. The fourth-order valence-electron chi connectivity index (χ4n) is 0.797. The second-order valence-corrected chi connectivity index (χ2v) is 12.0. The second kappa shape index (κ2) is 5.13. The normalized spacial score (nSPS) is 25.0. The maximum Gasteiger partial charge on any atom is 0.296 e. The Bertz CT molecular complexity index is 146. The standard InChI is InChI=1S/C2H7N4Si6/c1-3-12-5(8)10-4(7)11-6(12)9-2/h3H,1-2H3. The molecule has 1 fully saturated rings. The van der Waals surface area contributed by atoms with Gasteiger partial charge < -0.3 is 16.7 Å². The van der Waals surface area contributed by atoms with E-state index in [9.17, 15) is 0 Å². The molecule has 0 saturated carbocycles. The van der Waals surface area contributed by atoms with E-state index in [1.165, 1.54) is 0 Å². The summed E-state index contributed by atoms with van der Waals surface area (Å²) < 4.78 is 6.81. The number of hydrogen-bond acceptors (Lipinski definition) is 4. The molecule has 0 bridgehead atoms. The lowest BCUT2D eigenvalue weighted by Gasteiger charge is -2.41. The van der Waals surface area contributed by atoms with Gasteiger partial charge in [0.25, 0.3) is 9.28 Å². The van der Waals surface area contributed by atoms with E-state index in [0.29, 0.717) is 9.84 Å². The van der Waals surface area contributed by atoms with E-state index in [4.69, 9.17) is 0 Å². The van der Waals surface area contributed by atoms with Crippen molar-refractivity contribution in [2.45, 2.75) is 6.55 Å². The lowest BCUT2D eigenvalue weighted by molar-refractivity contribution is 0.754. The Hall–Kier alpha value is 1.14. The lowest BCUT2D eigenvalue weighted by atomic mass is 11.6. The molecule has 1 heterocycles. The molecule has 0 amide bonds. The average Bonchev–Trinajstić information content (AvgIpc) is 2.03. The molecule has 1 aliphatic heterocycles. The first-order valence-corrected chi connectivity index (χ1v) is 8.79. The molecule has 59 valence electrons. The topological polar surface area (TPSA) is 21.8 Å². The molecule has 0 spiro atoms. The number of rotatable bonds is 2. The van der Waals surface area contributed by atoms with Gasteiger partial charge in [0, 0.05) is 0 Å². The van der Waals surface area contributed by atoms with E-state index in [2.05, 4.69) is 44.0 Å². The molecule has 0 aromatic rings. The van der Waals surface area contributed by atoms with Gasteiger partial charge in [-0.1, -0.05) is 6.55 Å². The Morgan fingerprint density at radius 1 is 1.42 bits per heavy atom. The van der Waals surface area contributed by atoms with Crippen molar-refractivity contribution in [2.75, 3.05) is 7.05 Å². The Balaban J connectivity index is 2.56. The summed E-state index contributed by atoms with van der Waals surface area (Å²) in [6.07, 6.45) is 0. The molecule has 1 N–H and O–H groups in total. The molecule has 12 heavy (non-hydrogen) atoms. The van der Waals surface area contributed by atoms with Gasteiger partial charge in [-0.2, -0.15) is 0 Å². The van der Waals surface area contributed by atoms with Crippen molar-refractivity contribution in [1.29, 1.82) is 0 Å². The lowest BCUT2D eigenvalue weighted by Crippen LogP contribution is -2.71. The van der Waals surface area contributed by atoms with Crippen LogP contribution in [0.2, 0.25) is 6.55 Å². The minimum atomic E-state index is -0.692. The molecule has 0 aromatic carbocycles. The highest BCUT2D eigenvalue weighted by Crippen LogP contribution is 1.99. The Morgan fingerprint density at radius 3 is 2.58 bits per heavy atom. The Labute approximate surface area is 89.8 Å². The zero-order valence-electron chi connectivity index (χ0n) is 6.84. The van der Waals surface area contributed by atoms with E-state index in [-0.39, 0.29) is 0 Å². The number of nitrogens with one attached hydrogen (secondary N) is 1. The molecular formula is C2H7N4Si6. The summed E-state index contributed by atoms with van der Waals surface area (Å²) in [7, 11) is 10.8. The first kappa shape index (κ1) is 11.2. The van der Waals surface area contributed by atoms with Gasteiger partial charge in [-0.3, -0.25) is 0 Å². The highest BCUT2D eigenvalue weighted by molar-refractivity contribution is 6.85. The summed E-state index contributed by atoms with van der Waals surface area (Å²) in [5.41, 5.74) is 0. The van der Waals surface area contributed by atoms with Gasteiger partial charge in [0.1, 0.15) is 30.5 Å². The molecule has 1 rings (SSSR count). The van der Waals surface area contributed by atoms with Crippen molar-refractivity contribution in [3.05, 3.63) is 0 Å². The fraction of sp³-hybridized carbons (Fsp3) is 1.00. The Morgan fingerprint density at radius 2 is 2.08 bits per heavy atom. The quantitative estimate of drug-likeness (QED) is 0.532. The third kappa shape index (κ3) is 2.56. The molecule has 1 saturated heterocycles. The van der Waals surface area contributed by atoms with Crippen molar-refractivity contribution >= 4 is 59.5 Å². The largest absolute Gasteiger partial charge is 0.350 e. The van der Waals surface area contributed by atoms with E-state index in [1.807, 2.05) is 7.05 Å². The molecule has 0 atom stereocenters. The summed E-state index contributed by atoms with van der Waals surface area (Å²) >= 11 is 0. The smallest absolute Gasteiger partial charge is 0.296 e. The fourth-order valence-corrected chi connectivity index (χ4v) is 12.6. The van der Waals surface area contributed by atoms with E-state index >= 15 is 0 Å². The van der Waals surface area contributed by atoms with Gasteiger partial charge >= 0.3 is 0 Å². The van der Waals surface area contributed by atoms with Crippen LogP contribution in [0.1, 0.15) is 0 Å². The monoisotopic (exact) mass is 255 g/mol. The van der Waals surface area contributed by atoms with Gasteiger partial charge in [-0.15, -0.1) is 0 Å². The summed E-state index contributed by atoms with van der Waals surface area (Å²) in [5.74, 6) is 0. The summed E-state index contributed by atoms with van der Waals surface area (Å²) in [4.78, 5) is 3.35. The molecule has 4 nitrogen and oxygen atoms in total. The predicted octanol–water partition coefficient (Wildman–Crippen LogP) is -2.99. The third-order valence-corrected chi connectivity index (χ3v) is 10.1. The van der Waals surface area contributed by atoms with Crippen LogP contribution in [-0.4, -0.2) is 78.2 Å². The molecule has 1 aliphatic rings. The molecule has 10 heteroatoms. The van der Waals surface area contributed by atoms with E-state index in [0.717, 1.165) is 19.5 Å². The minimum Gasteiger partial charge on any atom is -0.350 e. The predicted molar refractivity (Wildman–Crippen MR) is 55.0 cm³/mol. The summed E-state index contributed by atoms with van der Waals surface area (Å²) in [6, 6.07) is 0. The zero-order valence-corrected chi connectivity index (χ0v) is 12.8. The molecule has 13 radical (unpaired) electrons. The van der Waals surface area contributed by atoms with Gasteiger partial charge in [-0.25, -0.2) is 0 Å². The highest BCUT2D eigenvalue weighted by atomic mass is 28.5. The van der Waals surface area contributed by atoms with Crippen molar-refractivity contribution in [2.24, 2.45) is 0 Å². The first-order valence-electron chi connectivity index (χ1n) is 3.26. The SMILES string of the molecule is CN[Si]1N([Si])[Si]N([Si])[Si]N1[Si]C. The van der Waals surface area contributed by atoms with Crippen molar-refractivity contribution in [3.63, 3.8) is 0 Å². The van der Waals surface area contributed by atoms with Crippen LogP contribution >= 0.6 is 0 Å². The molecular weight excluding hydrogens is 249 g/mol. The van der Waals surface area contributed by atoms with Crippen LogP contribution in [0.25, 0.3) is 0 Å². The molecule has 0 aliphatic carbocycles. The minimum absolute atomic E-state index is 0.677. The van der Waals surface area contributed by atoms with E-state index < -0.39 is 9.28 Å². The van der Waals surface area contributed by atoms with Crippen LogP contribution in [0.3, 0.4) is 0 Å². The van der Waals surface area contributed by atoms with E-state index in [1.54, 1.807) is 0 Å². The highest BCUT2D eigenvalue weighted by Gasteiger charge is 2.32. The first-order chi connectivity index (χ1) is 5.69. The van der Waals surface area contributed by atoms with Crippen LogP contribution in [0, 0.1) is 0 Å². The van der Waals surface area contributed by atoms with Gasteiger partial charge in [-0.05, 0) is 7.05 Å². The maximum atomic E-state index is 3.61. The van der Waals surface area contributed by atoms with Crippen molar-refractivity contribution < 1.29 is 0 Å². The van der Waals surface area contributed by atoms with Crippen LogP contribution in [-0.2, 0) is 0 Å². The van der Waals surface area contributed by atoms with Crippen molar-refractivity contribution in [3.8, 4) is 0 Å². The second-order valence-electron chi connectivity index (χ2n) is 2.00. The molecule has 0 unspecified atom stereocenters. The summed E-state index contributed by atoms with van der Waals surface area (Å²) in [5, 5.41) is 0. The third-order valence-electron chi connectivity index (χ3n) is 1.27. The Kier molecular flexibility index (Phi) is 4.79. The molecule has 0 aromatic heterocycles. The van der Waals surface area contributed by atoms with Gasteiger partial charge in [0.15, 0.2) is 0 Å². The number of nitrogens with zero attached hydrogens (tertiary/aromatic N) is 3. The zero-order chi connectivity index (χ0) is 9.14. The van der Waals surface area contributed by atoms with Crippen molar-refractivity contribution in [1.82, 2.24) is 16.7 Å². The maximum absolute atomic E-state index is 3.61. The average molecular weight is 256 g/mol. The van der Waals surface area contributed by atoms with Gasteiger partial charge in [0.2, 0.25) is 19.7 Å². The summed E-state index contributed by atoms with van der Waals surface area (Å²) in [6.45, 7) is 2.21. The van der Waals surface area contributed by atoms with Gasteiger partial charge in [0.05, 0.1) is 0 Å². The van der Waals surface area contributed by atoms with Crippen LogP contribution < -0.4 is 4.98 Å².